The van der Waals surface area contributed by atoms with Crippen LogP contribution in [0, 0.1) is 12.3 Å². The molecule has 0 saturated heterocycles. The van der Waals surface area contributed by atoms with Crippen LogP contribution in [0.25, 0.3) is 0 Å². The van der Waals surface area contributed by atoms with E-state index in [2.05, 4.69) is 16.1 Å². The van der Waals surface area contributed by atoms with Gasteiger partial charge in [0.2, 0.25) is 5.82 Å². The van der Waals surface area contributed by atoms with Crippen molar-refractivity contribution in [1.29, 1.82) is 0 Å². The second-order valence-corrected chi connectivity index (χ2v) is 4.38. The van der Waals surface area contributed by atoms with Gasteiger partial charge in [-0.05, 0) is 0 Å². The van der Waals surface area contributed by atoms with Crippen LogP contribution in [-0.4, -0.2) is 34.6 Å². The van der Waals surface area contributed by atoms with Crippen LogP contribution < -0.4 is 0 Å². The van der Waals surface area contributed by atoms with Crippen molar-refractivity contribution >= 4 is 5.97 Å². The lowest BCUT2D eigenvalue weighted by atomic mass is 10.1. The highest BCUT2D eigenvalue weighted by Gasteiger charge is 2.75. The molecule has 1 aromatic rings. The third-order valence-corrected chi connectivity index (χ3v) is 2.59. The van der Waals surface area contributed by atoms with E-state index in [0.29, 0.717) is 0 Å². The van der Waals surface area contributed by atoms with E-state index in [4.69, 9.17) is 0 Å². The van der Waals surface area contributed by atoms with Crippen LogP contribution in [0.15, 0.2) is 6.20 Å². The first kappa shape index (κ1) is 21.5. The second-order valence-electron chi connectivity index (χ2n) is 4.38. The Morgan fingerprint density at radius 3 is 2.04 bits per heavy atom. The number of esters is 1. The minimum Gasteiger partial charge on any atom is -0.449 e. The van der Waals surface area contributed by atoms with Crippen LogP contribution in [0.2, 0.25) is 0 Å². The quantitative estimate of drug-likeness (QED) is 0.442. The maximum Gasteiger partial charge on any atom is 0.460 e. The number of aromatic nitrogens is 2. The summed E-state index contributed by atoms with van der Waals surface area (Å²) in [4.78, 5) is 15.7. The molecule has 0 bridgehead atoms. The van der Waals surface area contributed by atoms with Crippen LogP contribution >= 0.6 is 0 Å². The lowest BCUT2D eigenvalue weighted by Gasteiger charge is -2.27. The minimum atomic E-state index is -6.82. The third-order valence-electron chi connectivity index (χ3n) is 2.59. The Bertz CT molecular complexity index is 733. The van der Waals surface area contributed by atoms with Gasteiger partial charge in [0.1, 0.15) is 5.56 Å². The van der Waals surface area contributed by atoms with Gasteiger partial charge < -0.3 is 4.74 Å². The Hall–Kier alpha value is -2.59. The summed E-state index contributed by atoms with van der Waals surface area (Å²) < 4.78 is 132. The SMILES string of the molecule is C#CCOC(=O)c1cnc(C(F)(F)C(F)(F)C(F)(F)F)nc1C(F)(F)F. The molecule has 0 aromatic carbocycles. The van der Waals surface area contributed by atoms with Crippen LogP contribution in [0.3, 0.4) is 0 Å². The lowest BCUT2D eigenvalue weighted by Crippen LogP contribution is -2.51. The van der Waals surface area contributed by atoms with Gasteiger partial charge in [0.25, 0.3) is 0 Å². The van der Waals surface area contributed by atoms with Gasteiger partial charge >= 0.3 is 30.2 Å². The monoisotopic (exact) mass is 398 g/mol. The Morgan fingerprint density at radius 2 is 1.62 bits per heavy atom. The number of carbonyl (C=O) groups is 1. The number of nitrogens with zero attached hydrogens (tertiary/aromatic N) is 2. The van der Waals surface area contributed by atoms with Crippen LogP contribution in [0.5, 0.6) is 0 Å². The zero-order valence-corrected chi connectivity index (χ0v) is 11.9. The third kappa shape index (κ3) is 3.81. The molecule has 1 aromatic heterocycles. The smallest absolute Gasteiger partial charge is 0.449 e. The standard InChI is InChI=1S/C12H4F10N2O2/c1-2-3-26-7(25)5-4-23-8(24-6(5)10(15,16)17)9(13,14)11(18,19)12(20,21)22/h1,4H,3H2. The molecule has 144 valence electrons. The van der Waals surface area contributed by atoms with Gasteiger partial charge in [-0.2, -0.15) is 43.9 Å². The maximum atomic E-state index is 13.4. The first-order valence-electron chi connectivity index (χ1n) is 5.95. The molecule has 1 heterocycles. The van der Waals surface area contributed by atoms with Crippen molar-refractivity contribution in [2.24, 2.45) is 0 Å². The van der Waals surface area contributed by atoms with E-state index in [1.165, 1.54) is 0 Å². The average Bonchev–Trinajstić information content (AvgIpc) is 2.49. The Morgan fingerprint density at radius 1 is 1.08 bits per heavy atom. The number of halogens is 10. The number of rotatable bonds is 4. The molecule has 0 N–H and O–H groups in total. The normalized spacial score (nSPS) is 13.3. The molecular weight excluding hydrogens is 394 g/mol. The summed E-state index contributed by atoms with van der Waals surface area (Å²) in [5.41, 5.74) is -4.11. The molecule has 0 fully saturated rings. The first-order valence-corrected chi connectivity index (χ1v) is 5.95. The predicted octanol–water partition coefficient (Wildman–Crippen LogP) is 3.57. The Kier molecular flexibility index (Phi) is 5.46. The van der Waals surface area contributed by atoms with Crippen LogP contribution in [0.4, 0.5) is 43.9 Å². The number of hydrogen-bond acceptors (Lipinski definition) is 4. The molecule has 0 amide bonds. The Labute approximate surface area is 137 Å². The summed E-state index contributed by atoms with van der Waals surface area (Å²) in [6.45, 7) is -0.847. The number of ether oxygens (including phenoxy) is 1. The summed E-state index contributed by atoms with van der Waals surface area (Å²) in [6, 6.07) is 0. The van der Waals surface area contributed by atoms with E-state index in [-0.39, 0.29) is 6.20 Å². The number of carbonyl (C=O) groups excluding carboxylic acids is 1. The van der Waals surface area contributed by atoms with Crippen LogP contribution in [0.1, 0.15) is 21.9 Å². The van der Waals surface area contributed by atoms with Gasteiger partial charge in [0.05, 0.1) is 0 Å². The molecule has 0 saturated carbocycles. The topological polar surface area (TPSA) is 52.1 Å². The highest BCUT2D eigenvalue weighted by Crippen LogP contribution is 2.51. The van der Waals surface area contributed by atoms with Crippen molar-refractivity contribution in [2.75, 3.05) is 6.61 Å². The van der Waals surface area contributed by atoms with Gasteiger partial charge in [0.15, 0.2) is 12.3 Å². The number of hydrogen-bond donors (Lipinski definition) is 0. The molecule has 14 heteroatoms. The predicted molar refractivity (Wildman–Crippen MR) is 61.0 cm³/mol. The van der Waals surface area contributed by atoms with Gasteiger partial charge in [0, 0.05) is 6.20 Å². The molecule has 0 spiro atoms. The van der Waals surface area contributed by atoms with E-state index in [0.717, 1.165) is 0 Å². The van der Waals surface area contributed by atoms with Crippen molar-refractivity contribution < 1.29 is 53.4 Å². The fraction of sp³-hybridized carbons (Fsp3) is 0.417. The summed E-state index contributed by atoms with van der Waals surface area (Å²) in [5, 5.41) is 0. The largest absolute Gasteiger partial charge is 0.460 e. The highest BCUT2D eigenvalue weighted by molar-refractivity contribution is 5.90. The van der Waals surface area contributed by atoms with E-state index in [1.54, 1.807) is 5.92 Å². The zero-order valence-electron chi connectivity index (χ0n) is 11.9. The maximum absolute atomic E-state index is 13.4. The summed E-state index contributed by atoms with van der Waals surface area (Å²) in [7, 11) is 0. The summed E-state index contributed by atoms with van der Waals surface area (Å²) in [6.07, 6.45) is -8.14. The van der Waals surface area contributed by atoms with Gasteiger partial charge in [-0.15, -0.1) is 6.42 Å². The van der Waals surface area contributed by atoms with Crippen molar-refractivity contribution in [3.8, 4) is 12.3 Å². The van der Waals surface area contributed by atoms with Gasteiger partial charge in [-0.25, -0.2) is 14.8 Å². The highest BCUT2D eigenvalue weighted by atomic mass is 19.4. The molecule has 26 heavy (non-hydrogen) atoms. The zero-order chi connectivity index (χ0) is 20.6. The molecular formula is C12H4F10N2O2. The Balaban J connectivity index is 3.55. The van der Waals surface area contributed by atoms with Crippen LogP contribution in [-0.2, 0) is 16.8 Å². The van der Waals surface area contributed by atoms with Crippen molar-refractivity contribution in [3.05, 3.63) is 23.3 Å². The second kappa shape index (κ2) is 6.61. The molecule has 0 radical (unpaired) electrons. The molecule has 0 atom stereocenters. The molecule has 4 nitrogen and oxygen atoms in total. The van der Waals surface area contributed by atoms with Crippen molar-refractivity contribution in [2.45, 2.75) is 24.2 Å². The van der Waals surface area contributed by atoms with Gasteiger partial charge in [-0.1, -0.05) is 5.92 Å². The van der Waals surface area contributed by atoms with Crippen molar-refractivity contribution in [3.63, 3.8) is 0 Å². The summed E-state index contributed by atoms with van der Waals surface area (Å²) in [5.74, 6) is -16.0. The molecule has 0 aliphatic carbocycles. The summed E-state index contributed by atoms with van der Waals surface area (Å²) >= 11 is 0. The fourth-order valence-corrected chi connectivity index (χ4v) is 1.40. The van der Waals surface area contributed by atoms with E-state index < -0.39 is 53.9 Å². The number of alkyl halides is 10. The number of terminal acetylenes is 1. The fourth-order valence-electron chi connectivity index (χ4n) is 1.40. The van der Waals surface area contributed by atoms with Crippen molar-refractivity contribution in [1.82, 2.24) is 9.97 Å². The lowest BCUT2D eigenvalue weighted by molar-refractivity contribution is -0.361. The molecule has 0 aliphatic heterocycles. The first-order chi connectivity index (χ1) is 11.6. The average molecular weight is 398 g/mol. The van der Waals surface area contributed by atoms with E-state index >= 15 is 0 Å². The minimum absolute atomic E-state index is 0.315. The van der Waals surface area contributed by atoms with E-state index in [9.17, 15) is 48.7 Å². The molecule has 0 unspecified atom stereocenters. The van der Waals surface area contributed by atoms with Gasteiger partial charge in [-0.3, -0.25) is 0 Å². The van der Waals surface area contributed by atoms with E-state index in [1.807, 2.05) is 4.98 Å². The molecule has 0 aliphatic rings. The molecule has 1 rings (SSSR count).